The Balaban J connectivity index is 2.35. The minimum Gasteiger partial charge on any atom is -0.339 e. The Labute approximate surface area is 111 Å². The van der Waals surface area contributed by atoms with E-state index in [1.807, 2.05) is 23.6 Å². The van der Waals surface area contributed by atoms with Gasteiger partial charge < -0.3 is 9.80 Å². The summed E-state index contributed by atoms with van der Waals surface area (Å²) in [4.78, 5) is 27.2. The van der Waals surface area contributed by atoms with Crippen LogP contribution in [0.2, 0.25) is 0 Å². The zero-order valence-corrected chi connectivity index (χ0v) is 12.2. The van der Waals surface area contributed by atoms with Crippen LogP contribution in [0.5, 0.6) is 0 Å². The van der Waals surface area contributed by atoms with Crippen molar-refractivity contribution < 1.29 is 9.59 Å². The molecule has 98 valence electrons. The van der Waals surface area contributed by atoms with Crippen molar-refractivity contribution in [2.45, 2.75) is 26.7 Å². The largest absolute Gasteiger partial charge is 0.339 e. The fraction of sp³-hybridized carbons (Fsp3) is 0.833. The first kappa shape index (κ1) is 14.5. The highest BCUT2D eigenvalue weighted by Crippen LogP contribution is 2.09. The normalized spacial score (nSPS) is 16.5. The van der Waals surface area contributed by atoms with Gasteiger partial charge in [0.25, 0.3) is 0 Å². The van der Waals surface area contributed by atoms with Crippen molar-refractivity contribution in [3.8, 4) is 0 Å². The van der Waals surface area contributed by atoms with E-state index in [9.17, 15) is 9.59 Å². The van der Waals surface area contributed by atoms with E-state index in [0.717, 1.165) is 0 Å². The second kappa shape index (κ2) is 6.99. The number of carbonyl (C=O) groups excluding carboxylic acids is 2. The number of halogens is 1. The number of amides is 2. The van der Waals surface area contributed by atoms with Crippen molar-refractivity contribution in [3.63, 3.8) is 0 Å². The molecule has 1 aliphatic heterocycles. The lowest BCUT2D eigenvalue weighted by molar-refractivity contribution is -0.139. The number of piperazine rings is 1. The summed E-state index contributed by atoms with van der Waals surface area (Å²) in [5, 5.41) is 0.707. The highest BCUT2D eigenvalue weighted by Gasteiger charge is 2.23. The quantitative estimate of drug-likeness (QED) is 0.738. The molecule has 1 saturated heterocycles. The van der Waals surface area contributed by atoms with Gasteiger partial charge in [0, 0.05) is 44.4 Å². The Hall–Kier alpha value is -0.580. The van der Waals surface area contributed by atoms with Crippen LogP contribution in [0.4, 0.5) is 0 Å². The van der Waals surface area contributed by atoms with Crippen LogP contribution in [0.3, 0.4) is 0 Å². The molecule has 0 unspecified atom stereocenters. The average molecular weight is 305 g/mol. The summed E-state index contributed by atoms with van der Waals surface area (Å²) in [7, 11) is 0. The predicted molar refractivity (Wildman–Crippen MR) is 71.0 cm³/mol. The molecule has 0 aliphatic carbocycles. The minimum absolute atomic E-state index is 0.179. The fourth-order valence-electron chi connectivity index (χ4n) is 1.92. The summed E-state index contributed by atoms with van der Waals surface area (Å²) in [6, 6.07) is 0. The molecule has 0 bridgehead atoms. The van der Waals surface area contributed by atoms with Gasteiger partial charge in [-0.2, -0.15) is 0 Å². The average Bonchev–Trinajstić information content (AvgIpc) is 2.28. The Morgan fingerprint density at radius 1 is 1.06 bits per heavy atom. The van der Waals surface area contributed by atoms with Crippen LogP contribution in [0.1, 0.15) is 26.7 Å². The van der Waals surface area contributed by atoms with E-state index in [0.29, 0.717) is 50.3 Å². The van der Waals surface area contributed by atoms with E-state index in [4.69, 9.17) is 0 Å². The summed E-state index contributed by atoms with van der Waals surface area (Å²) in [6.45, 7) is 6.81. The molecule has 17 heavy (non-hydrogen) atoms. The molecule has 5 heteroatoms. The zero-order valence-electron chi connectivity index (χ0n) is 10.6. The maximum Gasteiger partial charge on any atom is 0.223 e. The van der Waals surface area contributed by atoms with E-state index in [2.05, 4.69) is 15.9 Å². The number of rotatable bonds is 4. The number of hydrogen-bond acceptors (Lipinski definition) is 2. The molecule has 0 N–H and O–H groups in total. The summed E-state index contributed by atoms with van der Waals surface area (Å²) < 4.78 is 0. The van der Waals surface area contributed by atoms with E-state index >= 15 is 0 Å². The van der Waals surface area contributed by atoms with Crippen LogP contribution in [-0.4, -0.2) is 53.1 Å². The Kier molecular flexibility index (Phi) is 5.95. The Bertz CT molecular complexity index is 274. The van der Waals surface area contributed by atoms with E-state index < -0.39 is 0 Å². The highest BCUT2D eigenvalue weighted by molar-refractivity contribution is 9.09. The maximum atomic E-state index is 11.8. The highest BCUT2D eigenvalue weighted by atomic mass is 79.9. The molecule has 1 fully saturated rings. The van der Waals surface area contributed by atoms with Crippen molar-refractivity contribution in [2.24, 2.45) is 5.92 Å². The molecule has 0 atom stereocenters. The second-order valence-electron chi connectivity index (χ2n) is 4.80. The van der Waals surface area contributed by atoms with Crippen molar-refractivity contribution in [3.05, 3.63) is 0 Å². The van der Waals surface area contributed by atoms with Crippen molar-refractivity contribution in [2.75, 3.05) is 31.5 Å². The minimum atomic E-state index is 0.179. The van der Waals surface area contributed by atoms with Crippen LogP contribution in [-0.2, 0) is 9.59 Å². The number of alkyl halides is 1. The molecule has 0 aromatic heterocycles. The monoisotopic (exact) mass is 304 g/mol. The number of nitrogens with zero attached hydrogens (tertiary/aromatic N) is 2. The first-order valence-electron chi connectivity index (χ1n) is 6.16. The van der Waals surface area contributed by atoms with Gasteiger partial charge in [0.05, 0.1) is 0 Å². The van der Waals surface area contributed by atoms with Gasteiger partial charge in [0.2, 0.25) is 11.8 Å². The molecule has 2 amide bonds. The topological polar surface area (TPSA) is 40.6 Å². The van der Waals surface area contributed by atoms with Gasteiger partial charge in [-0.15, -0.1) is 0 Å². The first-order chi connectivity index (χ1) is 8.04. The van der Waals surface area contributed by atoms with Crippen molar-refractivity contribution in [1.29, 1.82) is 0 Å². The summed E-state index contributed by atoms with van der Waals surface area (Å²) >= 11 is 3.27. The van der Waals surface area contributed by atoms with Gasteiger partial charge in [-0.05, 0) is 5.92 Å². The van der Waals surface area contributed by atoms with Crippen LogP contribution < -0.4 is 0 Å². The third-order valence-electron chi connectivity index (χ3n) is 2.88. The van der Waals surface area contributed by atoms with Crippen LogP contribution in [0, 0.1) is 5.92 Å². The number of hydrogen-bond donors (Lipinski definition) is 0. The standard InChI is InChI=1S/C12H21BrN2O2/c1-10(2)9-12(17)15-7-5-14(6-8-15)11(16)3-4-13/h10H,3-9H2,1-2H3. The molecule has 0 aromatic rings. The Morgan fingerprint density at radius 2 is 1.53 bits per heavy atom. The molecule has 0 radical (unpaired) electrons. The molecule has 1 rings (SSSR count). The van der Waals surface area contributed by atoms with Crippen molar-refractivity contribution in [1.82, 2.24) is 9.80 Å². The lowest BCUT2D eigenvalue weighted by Gasteiger charge is -2.35. The smallest absolute Gasteiger partial charge is 0.223 e. The van der Waals surface area contributed by atoms with E-state index in [1.165, 1.54) is 0 Å². The third-order valence-corrected chi connectivity index (χ3v) is 3.27. The third kappa shape index (κ3) is 4.66. The first-order valence-corrected chi connectivity index (χ1v) is 7.28. The van der Waals surface area contributed by atoms with Crippen LogP contribution in [0.25, 0.3) is 0 Å². The zero-order chi connectivity index (χ0) is 12.8. The molecule has 1 heterocycles. The lowest BCUT2D eigenvalue weighted by atomic mass is 10.1. The van der Waals surface area contributed by atoms with Crippen LogP contribution >= 0.6 is 15.9 Å². The van der Waals surface area contributed by atoms with Crippen LogP contribution in [0.15, 0.2) is 0 Å². The maximum absolute atomic E-state index is 11.8. The molecular formula is C12H21BrN2O2. The summed E-state index contributed by atoms with van der Waals surface area (Å²) in [5.74, 6) is 0.793. The van der Waals surface area contributed by atoms with E-state index in [1.54, 1.807) is 0 Å². The molecule has 0 spiro atoms. The SMILES string of the molecule is CC(C)CC(=O)N1CCN(C(=O)CCBr)CC1. The fourth-order valence-corrected chi connectivity index (χ4v) is 2.26. The van der Waals surface area contributed by atoms with Gasteiger partial charge in [0.1, 0.15) is 0 Å². The predicted octanol–water partition coefficient (Wildman–Crippen LogP) is 1.49. The van der Waals surface area contributed by atoms with Crippen molar-refractivity contribution >= 4 is 27.7 Å². The van der Waals surface area contributed by atoms with Gasteiger partial charge in [-0.25, -0.2) is 0 Å². The molecule has 4 nitrogen and oxygen atoms in total. The van der Waals surface area contributed by atoms with Gasteiger partial charge in [-0.1, -0.05) is 29.8 Å². The van der Waals surface area contributed by atoms with Gasteiger partial charge in [0.15, 0.2) is 0 Å². The van der Waals surface area contributed by atoms with Gasteiger partial charge >= 0.3 is 0 Å². The molecule has 0 aromatic carbocycles. The lowest BCUT2D eigenvalue weighted by Crippen LogP contribution is -2.50. The summed E-state index contributed by atoms with van der Waals surface area (Å²) in [5.41, 5.74) is 0. The van der Waals surface area contributed by atoms with E-state index in [-0.39, 0.29) is 11.8 Å². The molecule has 0 saturated carbocycles. The number of carbonyl (C=O) groups is 2. The molecule has 1 aliphatic rings. The Morgan fingerprint density at radius 3 is 1.94 bits per heavy atom. The van der Waals surface area contributed by atoms with Gasteiger partial charge in [-0.3, -0.25) is 9.59 Å². The summed E-state index contributed by atoms with van der Waals surface area (Å²) in [6.07, 6.45) is 1.15. The molecular weight excluding hydrogens is 284 g/mol. The second-order valence-corrected chi connectivity index (χ2v) is 5.59.